The van der Waals surface area contributed by atoms with Crippen LogP contribution in [0.15, 0.2) is 36.4 Å². The minimum atomic E-state index is -0.527. The number of ether oxygens (including phenoxy) is 1. The third-order valence-corrected chi connectivity index (χ3v) is 3.16. The van der Waals surface area contributed by atoms with E-state index >= 15 is 0 Å². The predicted molar refractivity (Wildman–Crippen MR) is 71.7 cm³/mol. The van der Waals surface area contributed by atoms with Crippen molar-refractivity contribution in [3.8, 4) is 5.75 Å². The van der Waals surface area contributed by atoms with Crippen LogP contribution < -0.4 is 4.74 Å². The van der Waals surface area contributed by atoms with Gasteiger partial charge in [0.05, 0.1) is 10.9 Å². The molecular formula is C14H10Cl2F2O. The molecule has 0 heterocycles. The lowest BCUT2D eigenvalue weighted by Gasteiger charge is -2.12. The van der Waals surface area contributed by atoms with Crippen LogP contribution in [0.25, 0.3) is 0 Å². The van der Waals surface area contributed by atoms with Gasteiger partial charge in [-0.15, -0.1) is 11.6 Å². The normalized spacial score (nSPS) is 10.5. The van der Waals surface area contributed by atoms with Crippen LogP contribution in [0.1, 0.15) is 11.1 Å². The summed E-state index contributed by atoms with van der Waals surface area (Å²) >= 11 is 11.8. The molecule has 0 amide bonds. The van der Waals surface area contributed by atoms with Crippen molar-refractivity contribution >= 4 is 23.2 Å². The van der Waals surface area contributed by atoms with Gasteiger partial charge in [-0.05, 0) is 24.3 Å². The van der Waals surface area contributed by atoms with Gasteiger partial charge in [0, 0.05) is 11.1 Å². The molecule has 2 aromatic rings. The Kier molecular flexibility index (Phi) is 4.61. The Bertz CT molecular complexity index is 588. The molecule has 2 rings (SSSR count). The minimum Gasteiger partial charge on any atom is -0.487 e. The summed E-state index contributed by atoms with van der Waals surface area (Å²) in [7, 11) is 0. The van der Waals surface area contributed by atoms with Crippen molar-refractivity contribution in [2.45, 2.75) is 12.5 Å². The first kappa shape index (κ1) is 14.1. The van der Waals surface area contributed by atoms with Crippen LogP contribution in [0.4, 0.5) is 8.78 Å². The molecule has 0 aliphatic heterocycles. The topological polar surface area (TPSA) is 9.23 Å². The predicted octanol–water partition coefficient (Wildman–Crippen LogP) is 4.94. The number of alkyl halides is 1. The van der Waals surface area contributed by atoms with Gasteiger partial charge in [0.2, 0.25) is 0 Å². The van der Waals surface area contributed by atoms with Crippen molar-refractivity contribution in [1.82, 2.24) is 0 Å². The van der Waals surface area contributed by atoms with Crippen molar-refractivity contribution in [3.05, 3.63) is 64.2 Å². The second-order valence-electron chi connectivity index (χ2n) is 3.89. The Labute approximate surface area is 119 Å². The second kappa shape index (κ2) is 6.22. The monoisotopic (exact) mass is 302 g/mol. The molecule has 0 bridgehead atoms. The average molecular weight is 303 g/mol. The summed E-state index contributed by atoms with van der Waals surface area (Å²) in [5, 5.41) is 0.384. The zero-order chi connectivity index (χ0) is 13.8. The molecule has 0 saturated heterocycles. The van der Waals surface area contributed by atoms with E-state index in [1.807, 2.05) is 0 Å². The fourth-order valence-corrected chi connectivity index (χ4v) is 2.08. The molecule has 0 aliphatic rings. The van der Waals surface area contributed by atoms with Crippen molar-refractivity contribution in [3.63, 3.8) is 0 Å². The van der Waals surface area contributed by atoms with Crippen LogP contribution in [0.3, 0.4) is 0 Å². The molecule has 0 spiro atoms. The SMILES string of the molecule is Fc1ccc(F)c(COc2c(Cl)cccc2CCl)c1. The lowest BCUT2D eigenvalue weighted by Crippen LogP contribution is -2.01. The Morgan fingerprint density at radius 2 is 1.84 bits per heavy atom. The van der Waals surface area contributed by atoms with E-state index in [0.717, 1.165) is 18.2 Å². The molecule has 1 nitrogen and oxygen atoms in total. The zero-order valence-electron chi connectivity index (χ0n) is 9.80. The van der Waals surface area contributed by atoms with E-state index in [1.54, 1.807) is 18.2 Å². The number of hydrogen-bond acceptors (Lipinski definition) is 1. The molecule has 5 heteroatoms. The summed E-state index contributed by atoms with van der Waals surface area (Å²) in [6.45, 7) is -0.114. The van der Waals surface area contributed by atoms with Crippen LogP contribution in [0, 0.1) is 11.6 Å². The first-order valence-corrected chi connectivity index (χ1v) is 6.43. The third-order valence-electron chi connectivity index (χ3n) is 2.57. The molecule has 0 saturated carbocycles. The zero-order valence-corrected chi connectivity index (χ0v) is 11.3. The summed E-state index contributed by atoms with van der Waals surface area (Å²) in [6.07, 6.45) is 0. The van der Waals surface area contributed by atoms with Gasteiger partial charge in [0.1, 0.15) is 24.0 Å². The molecule has 0 radical (unpaired) electrons. The van der Waals surface area contributed by atoms with Gasteiger partial charge in [-0.1, -0.05) is 23.7 Å². The third kappa shape index (κ3) is 3.37. The molecule has 0 N–H and O–H groups in total. The Hall–Kier alpha value is -1.32. The first-order chi connectivity index (χ1) is 9.11. The van der Waals surface area contributed by atoms with Gasteiger partial charge in [0.15, 0.2) is 0 Å². The molecule has 19 heavy (non-hydrogen) atoms. The fourth-order valence-electron chi connectivity index (χ4n) is 1.62. The maximum absolute atomic E-state index is 13.4. The molecular weight excluding hydrogens is 293 g/mol. The Morgan fingerprint density at radius 1 is 1.05 bits per heavy atom. The molecule has 0 fully saturated rings. The minimum absolute atomic E-state index is 0.114. The maximum Gasteiger partial charge on any atom is 0.142 e. The van der Waals surface area contributed by atoms with E-state index in [-0.39, 0.29) is 18.1 Å². The smallest absolute Gasteiger partial charge is 0.142 e. The standard InChI is InChI=1S/C14H10Cl2F2O/c15-7-9-2-1-3-12(16)14(9)19-8-10-6-11(17)4-5-13(10)18/h1-6H,7-8H2. The van der Waals surface area contributed by atoms with Crippen molar-refractivity contribution in [2.24, 2.45) is 0 Å². The lowest BCUT2D eigenvalue weighted by atomic mass is 10.2. The van der Waals surface area contributed by atoms with Gasteiger partial charge in [0.25, 0.3) is 0 Å². The number of para-hydroxylation sites is 1. The summed E-state index contributed by atoms with van der Waals surface area (Å²) in [4.78, 5) is 0. The van der Waals surface area contributed by atoms with E-state index in [9.17, 15) is 8.78 Å². The molecule has 100 valence electrons. The van der Waals surface area contributed by atoms with Crippen LogP contribution in [-0.2, 0) is 12.5 Å². The lowest BCUT2D eigenvalue weighted by molar-refractivity contribution is 0.297. The van der Waals surface area contributed by atoms with E-state index < -0.39 is 11.6 Å². The van der Waals surface area contributed by atoms with E-state index in [1.165, 1.54) is 0 Å². The fraction of sp³-hybridized carbons (Fsp3) is 0.143. The molecule has 0 aromatic heterocycles. The summed E-state index contributed by atoms with van der Waals surface area (Å²) < 4.78 is 31.9. The second-order valence-corrected chi connectivity index (χ2v) is 4.56. The first-order valence-electron chi connectivity index (χ1n) is 5.52. The highest BCUT2D eigenvalue weighted by Gasteiger charge is 2.10. The van der Waals surface area contributed by atoms with Gasteiger partial charge < -0.3 is 4.74 Å². The van der Waals surface area contributed by atoms with E-state index in [2.05, 4.69) is 0 Å². The average Bonchev–Trinajstić information content (AvgIpc) is 2.40. The van der Waals surface area contributed by atoms with Crippen LogP contribution in [0.5, 0.6) is 5.75 Å². The molecule has 0 atom stereocenters. The van der Waals surface area contributed by atoms with Crippen LogP contribution in [0.2, 0.25) is 5.02 Å². The highest BCUT2D eigenvalue weighted by Crippen LogP contribution is 2.30. The maximum atomic E-state index is 13.4. The Morgan fingerprint density at radius 3 is 2.58 bits per heavy atom. The van der Waals surface area contributed by atoms with Crippen molar-refractivity contribution in [1.29, 1.82) is 0 Å². The Balaban J connectivity index is 2.21. The van der Waals surface area contributed by atoms with Gasteiger partial charge in [-0.2, -0.15) is 0 Å². The highest BCUT2D eigenvalue weighted by molar-refractivity contribution is 6.32. The van der Waals surface area contributed by atoms with Crippen LogP contribution in [-0.4, -0.2) is 0 Å². The number of benzene rings is 2. The van der Waals surface area contributed by atoms with E-state index in [0.29, 0.717) is 16.3 Å². The molecule has 2 aromatic carbocycles. The highest BCUT2D eigenvalue weighted by atomic mass is 35.5. The summed E-state index contributed by atoms with van der Waals surface area (Å²) in [5.74, 6) is -0.429. The molecule has 0 aliphatic carbocycles. The van der Waals surface area contributed by atoms with Gasteiger partial charge >= 0.3 is 0 Å². The van der Waals surface area contributed by atoms with Gasteiger partial charge in [-0.25, -0.2) is 8.78 Å². The van der Waals surface area contributed by atoms with Crippen molar-refractivity contribution < 1.29 is 13.5 Å². The quantitative estimate of drug-likeness (QED) is 0.727. The van der Waals surface area contributed by atoms with Crippen LogP contribution >= 0.6 is 23.2 Å². The van der Waals surface area contributed by atoms with E-state index in [4.69, 9.17) is 27.9 Å². The summed E-state index contributed by atoms with van der Waals surface area (Å²) in [6, 6.07) is 8.36. The van der Waals surface area contributed by atoms with Crippen molar-refractivity contribution in [2.75, 3.05) is 0 Å². The van der Waals surface area contributed by atoms with Gasteiger partial charge in [-0.3, -0.25) is 0 Å². The molecule has 0 unspecified atom stereocenters. The number of rotatable bonds is 4. The summed E-state index contributed by atoms with van der Waals surface area (Å²) in [5.41, 5.74) is 0.825. The largest absolute Gasteiger partial charge is 0.487 e. The number of hydrogen-bond donors (Lipinski definition) is 0. The number of halogens is 4.